The maximum absolute atomic E-state index is 12.4. The van der Waals surface area contributed by atoms with Gasteiger partial charge >= 0.3 is 0 Å². The van der Waals surface area contributed by atoms with Crippen LogP contribution in [0.15, 0.2) is 60.9 Å². The van der Waals surface area contributed by atoms with Crippen molar-refractivity contribution in [2.24, 2.45) is 0 Å². The van der Waals surface area contributed by atoms with Gasteiger partial charge in [-0.15, -0.1) is 0 Å². The van der Waals surface area contributed by atoms with Crippen molar-refractivity contribution in [2.75, 3.05) is 13.7 Å². The quantitative estimate of drug-likeness (QED) is 0.639. The average molecular weight is 363 g/mol. The summed E-state index contributed by atoms with van der Waals surface area (Å²) in [4.78, 5) is 14.1. The molecule has 0 saturated heterocycles. The number of carbonyl (C=O) groups excluding carboxylic acids is 1. The zero-order valence-electron chi connectivity index (χ0n) is 16.1. The summed E-state index contributed by atoms with van der Waals surface area (Å²) in [5, 5.41) is 4.37. The van der Waals surface area contributed by atoms with E-state index in [-0.39, 0.29) is 5.91 Å². The molecule has 3 aromatic rings. The molecule has 1 heterocycles. The molecule has 27 heavy (non-hydrogen) atoms. The van der Waals surface area contributed by atoms with E-state index in [1.165, 1.54) is 5.56 Å². The highest BCUT2D eigenvalue weighted by Gasteiger charge is 2.12. The van der Waals surface area contributed by atoms with Gasteiger partial charge < -0.3 is 9.64 Å². The van der Waals surface area contributed by atoms with Crippen LogP contribution in [0.4, 0.5) is 0 Å². The summed E-state index contributed by atoms with van der Waals surface area (Å²) in [6.07, 6.45) is 4.09. The van der Waals surface area contributed by atoms with Gasteiger partial charge in [0.2, 0.25) is 5.91 Å². The molecule has 0 atom stereocenters. The number of aromatic nitrogens is 2. The largest absolute Gasteiger partial charge is 0.493 e. The minimum atomic E-state index is 0.0489. The molecular weight excluding hydrogens is 338 g/mol. The van der Waals surface area contributed by atoms with Gasteiger partial charge in [-0.05, 0) is 43.2 Å². The number of para-hydroxylation sites is 1. The summed E-state index contributed by atoms with van der Waals surface area (Å²) in [5.41, 5.74) is 4.29. The number of aryl methyl sites for hydroxylation is 1. The van der Waals surface area contributed by atoms with E-state index < -0.39 is 0 Å². The molecule has 2 aromatic carbocycles. The first-order valence-electron chi connectivity index (χ1n) is 9.06. The van der Waals surface area contributed by atoms with Crippen LogP contribution in [0, 0.1) is 13.8 Å². The van der Waals surface area contributed by atoms with E-state index in [1.807, 2.05) is 60.3 Å². The maximum atomic E-state index is 12.4. The number of hydrogen-bond donors (Lipinski definition) is 0. The normalized spacial score (nSPS) is 10.6. The number of rotatable bonds is 7. The molecule has 1 aromatic heterocycles. The SMILES string of the molecule is Cc1cccc(OCCC(=O)N(C)Cc2cnn(-c3ccccc3)c2)c1C. The minimum absolute atomic E-state index is 0.0489. The van der Waals surface area contributed by atoms with Crippen LogP contribution < -0.4 is 4.74 Å². The lowest BCUT2D eigenvalue weighted by molar-refractivity contribution is -0.130. The van der Waals surface area contributed by atoms with Gasteiger partial charge in [-0.3, -0.25) is 4.79 Å². The van der Waals surface area contributed by atoms with Gasteiger partial charge in [-0.2, -0.15) is 5.10 Å². The van der Waals surface area contributed by atoms with Gasteiger partial charge in [-0.1, -0.05) is 30.3 Å². The lowest BCUT2D eigenvalue weighted by atomic mass is 10.1. The Balaban J connectivity index is 1.51. The Hall–Kier alpha value is -3.08. The molecule has 0 saturated carbocycles. The molecule has 0 aliphatic rings. The molecule has 0 spiro atoms. The van der Waals surface area contributed by atoms with Gasteiger partial charge in [-0.25, -0.2) is 4.68 Å². The highest BCUT2D eigenvalue weighted by atomic mass is 16.5. The fourth-order valence-electron chi connectivity index (χ4n) is 2.85. The highest BCUT2D eigenvalue weighted by molar-refractivity contribution is 5.76. The number of benzene rings is 2. The Kier molecular flexibility index (Phi) is 5.91. The third-order valence-corrected chi connectivity index (χ3v) is 4.63. The van der Waals surface area contributed by atoms with Crippen molar-refractivity contribution in [3.8, 4) is 11.4 Å². The van der Waals surface area contributed by atoms with Gasteiger partial charge in [0.25, 0.3) is 0 Å². The van der Waals surface area contributed by atoms with E-state index in [2.05, 4.69) is 18.1 Å². The van der Waals surface area contributed by atoms with Crippen molar-refractivity contribution in [3.05, 3.63) is 77.6 Å². The van der Waals surface area contributed by atoms with E-state index in [9.17, 15) is 4.79 Å². The van der Waals surface area contributed by atoms with Crippen LogP contribution in [-0.4, -0.2) is 34.2 Å². The smallest absolute Gasteiger partial charge is 0.226 e. The van der Waals surface area contributed by atoms with Crippen molar-refractivity contribution < 1.29 is 9.53 Å². The van der Waals surface area contributed by atoms with Gasteiger partial charge in [0.05, 0.1) is 24.9 Å². The van der Waals surface area contributed by atoms with Crippen LogP contribution >= 0.6 is 0 Å². The first kappa shape index (κ1) is 18.7. The van der Waals surface area contributed by atoms with Crippen molar-refractivity contribution >= 4 is 5.91 Å². The van der Waals surface area contributed by atoms with Crippen LogP contribution in [0.3, 0.4) is 0 Å². The second-order valence-corrected chi connectivity index (χ2v) is 6.68. The maximum Gasteiger partial charge on any atom is 0.226 e. The number of ether oxygens (including phenoxy) is 1. The fourth-order valence-corrected chi connectivity index (χ4v) is 2.85. The van der Waals surface area contributed by atoms with E-state index in [0.29, 0.717) is 19.6 Å². The summed E-state index contributed by atoms with van der Waals surface area (Å²) < 4.78 is 7.60. The zero-order chi connectivity index (χ0) is 19.2. The standard InChI is InChI=1S/C22H25N3O2/c1-17-8-7-11-21(18(17)2)27-13-12-22(26)24(3)15-19-14-23-25(16-19)20-9-5-4-6-10-20/h4-11,14,16H,12-13,15H2,1-3H3. The molecular formula is C22H25N3O2. The van der Waals surface area contributed by atoms with E-state index >= 15 is 0 Å². The van der Waals surface area contributed by atoms with Crippen molar-refractivity contribution in [3.63, 3.8) is 0 Å². The Morgan fingerprint density at radius 1 is 1.11 bits per heavy atom. The van der Waals surface area contributed by atoms with Crippen LogP contribution in [0.5, 0.6) is 5.75 Å². The van der Waals surface area contributed by atoms with Crippen molar-refractivity contribution in [1.29, 1.82) is 0 Å². The molecule has 0 radical (unpaired) electrons. The minimum Gasteiger partial charge on any atom is -0.493 e. The Morgan fingerprint density at radius 3 is 2.67 bits per heavy atom. The van der Waals surface area contributed by atoms with Crippen molar-refractivity contribution in [1.82, 2.24) is 14.7 Å². The molecule has 5 heteroatoms. The summed E-state index contributed by atoms with van der Waals surface area (Å²) in [6.45, 7) is 4.98. The van der Waals surface area contributed by atoms with Gasteiger partial charge in [0, 0.05) is 25.4 Å². The van der Waals surface area contributed by atoms with Crippen LogP contribution in [0.2, 0.25) is 0 Å². The van der Waals surface area contributed by atoms with E-state index in [1.54, 1.807) is 18.1 Å². The zero-order valence-corrected chi connectivity index (χ0v) is 16.1. The lowest BCUT2D eigenvalue weighted by Gasteiger charge is -2.17. The molecule has 0 aliphatic carbocycles. The number of hydrogen-bond acceptors (Lipinski definition) is 3. The predicted molar refractivity (Wildman–Crippen MR) is 106 cm³/mol. The molecule has 0 aliphatic heterocycles. The summed E-state index contributed by atoms with van der Waals surface area (Å²) in [6, 6.07) is 15.9. The predicted octanol–water partition coefficient (Wildman–Crippen LogP) is 3.92. The first-order chi connectivity index (χ1) is 13.0. The third-order valence-electron chi connectivity index (χ3n) is 4.63. The number of carbonyl (C=O) groups is 1. The van der Waals surface area contributed by atoms with E-state index in [4.69, 9.17) is 4.74 Å². The lowest BCUT2D eigenvalue weighted by Crippen LogP contribution is -2.27. The molecule has 0 unspecified atom stereocenters. The summed E-state index contributed by atoms with van der Waals surface area (Å²) >= 11 is 0. The van der Waals surface area contributed by atoms with E-state index in [0.717, 1.165) is 22.6 Å². The Bertz CT molecular complexity index is 903. The molecule has 140 valence electrons. The molecule has 0 fully saturated rings. The Labute approximate surface area is 160 Å². The highest BCUT2D eigenvalue weighted by Crippen LogP contribution is 2.20. The van der Waals surface area contributed by atoms with Crippen LogP contribution in [0.1, 0.15) is 23.1 Å². The molecule has 0 bridgehead atoms. The molecule has 1 amide bonds. The molecule has 5 nitrogen and oxygen atoms in total. The van der Waals surface area contributed by atoms with Crippen molar-refractivity contribution in [2.45, 2.75) is 26.8 Å². The number of nitrogens with zero attached hydrogens (tertiary/aromatic N) is 3. The van der Waals surface area contributed by atoms with Crippen LogP contribution in [0.25, 0.3) is 5.69 Å². The number of amides is 1. The molecule has 3 rings (SSSR count). The second-order valence-electron chi connectivity index (χ2n) is 6.68. The Morgan fingerprint density at radius 2 is 1.89 bits per heavy atom. The first-order valence-corrected chi connectivity index (χ1v) is 9.06. The van der Waals surface area contributed by atoms with Gasteiger partial charge in [0.1, 0.15) is 5.75 Å². The summed E-state index contributed by atoms with van der Waals surface area (Å²) in [5.74, 6) is 0.891. The fraction of sp³-hybridized carbons (Fsp3) is 0.273. The monoisotopic (exact) mass is 363 g/mol. The molecule has 0 N–H and O–H groups in total. The second kappa shape index (κ2) is 8.54. The topological polar surface area (TPSA) is 47.4 Å². The summed E-state index contributed by atoms with van der Waals surface area (Å²) in [7, 11) is 1.81. The van der Waals surface area contributed by atoms with Crippen LogP contribution in [-0.2, 0) is 11.3 Å². The third kappa shape index (κ3) is 4.76. The van der Waals surface area contributed by atoms with Gasteiger partial charge in [0.15, 0.2) is 0 Å². The average Bonchev–Trinajstić information content (AvgIpc) is 3.14.